The molecule has 4 heteroatoms. The Labute approximate surface area is 85.5 Å². The first-order chi connectivity index (χ1) is 7.02. The highest BCUT2D eigenvalue weighted by atomic mass is 19.4. The second kappa shape index (κ2) is 3.52. The van der Waals surface area contributed by atoms with Crippen molar-refractivity contribution < 1.29 is 18.3 Å². The fourth-order valence-corrected chi connectivity index (χ4v) is 1.78. The van der Waals surface area contributed by atoms with E-state index in [0.717, 1.165) is 24.1 Å². The van der Waals surface area contributed by atoms with Gasteiger partial charge < -0.3 is 5.11 Å². The van der Waals surface area contributed by atoms with Crippen LogP contribution in [0.2, 0.25) is 0 Å². The quantitative estimate of drug-likeness (QED) is 0.805. The van der Waals surface area contributed by atoms with Gasteiger partial charge in [0.2, 0.25) is 0 Å². The van der Waals surface area contributed by atoms with Gasteiger partial charge in [0, 0.05) is 6.61 Å². The molecule has 0 heterocycles. The molecular formula is C11H11F3O. The van der Waals surface area contributed by atoms with Gasteiger partial charge in [-0.25, -0.2) is 0 Å². The molecule has 0 amide bonds. The Balaban J connectivity index is 2.12. The summed E-state index contributed by atoms with van der Waals surface area (Å²) in [6, 6.07) is 5.20. The maximum atomic E-state index is 12.2. The fraction of sp³-hybridized carbons (Fsp3) is 0.455. The summed E-state index contributed by atoms with van der Waals surface area (Å²) < 4.78 is 36.7. The maximum absolute atomic E-state index is 12.2. The second-order valence-electron chi connectivity index (χ2n) is 3.90. The third kappa shape index (κ3) is 2.15. The number of aliphatic hydroxyl groups excluding tert-OH is 1. The van der Waals surface area contributed by atoms with Gasteiger partial charge in [-0.1, -0.05) is 12.1 Å². The van der Waals surface area contributed by atoms with Crippen molar-refractivity contribution >= 4 is 0 Å². The van der Waals surface area contributed by atoms with E-state index in [1.54, 1.807) is 0 Å². The lowest BCUT2D eigenvalue weighted by Crippen LogP contribution is -2.04. The van der Waals surface area contributed by atoms with Gasteiger partial charge in [0.25, 0.3) is 0 Å². The lowest BCUT2D eigenvalue weighted by molar-refractivity contribution is -0.137. The molecule has 1 aromatic carbocycles. The van der Waals surface area contributed by atoms with Crippen LogP contribution in [0, 0.1) is 5.92 Å². The summed E-state index contributed by atoms with van der Waals surface area (Å²) in [7, 11) is 0. The average Bonchev–Trinajstić information content (AvgIpc) is 2.95. The predicted molar refractivity (Wildman–Crippen MR) is 49.4 cm³/mol. The van der Waals surface area contributed by atoms with Crippen molar-refractivity contribution in [3.8, 4) is 0 Å². The van der Waals surface area contributed by atoms with E-state index >= 15 is 0 Å². The number of alkyl halides is 3. The van der Waals surface area contributed by atoms with Crippen LogP contribution in [0.1, 0.15) is 23.5 Å². The SMILES string of the molecule is OCC1CC1c1ccc(C(F)(F)F)cc1. The van der Waals surface area contributed by atoms with Crippen LogP contribution in [0.3, 0.4) is 0 Å². The average molecular weight is 216 g/mol. The number of benzene rings is 1. The van der Waals surface area contributed by atoms with Crippen molar-refractivity contribution in [2.45, 2.75) is 18.5 Å². The molecule has 1 fully saturated rings. The minimum Gasteiger partial charge on any atom is -0.396 e. The summed E-state index contributed by atoms with van der Waals surface area (Å²) in [6.07, 6.45) is -3.39. The van der Waals surface area contributed by atoms with E-state index < -0.39 is 11.7 Å². The molecule has 2 atom stereocenters. The van der Waals surface area contributed by atoms with Gasteiger partial charge in [-0.15, -0.1) is 0 Å². The van der Waals surface area contributed by atoms with Crippen molar-refractivity contribution in [2.24, 2.45) is 5.92 Å². The number of hydrogen-bond donors (Lipinski definition) is 1. The molecule has 0 radical (unpaired) electrons. The van der Waals surface area contributed by atoms with Gasteiger partial charge in [-0.3, -0.25) is 0 Å². The predicted octanol–water partition coefficient (Wildman–Crippen LogP) is 2.80. The van der Waals surface area contributed by atoms with E-state index in [4.69, 9.17) is 5.11 Å². The van der Waals surface area contributed by atoms with E-state index in [-0.39, 0.29) is 18.4 Å². The van der Waals surface area contributed by atoms with E-state index in [0.29, 0.717) is 0 Å². The molecular weight excluding hydrogens is 205 g/mol. The van der Waals surface area contributed by atoms with Crippen LogP contribution in [-0.2, 0) is 6.18 Å². The first-order valence-electron chi connectivity index (χ1n) is 4.80. The van der Waals surface area contributed by atoms with E-state index in [2.05, 4.69) is 0 Å². The molecule has 2 unspecified atom stereocenters. The Kier molecular flexibility index (Phi) is 2.46. The Morgan fingerprint density at radius 3 is 2.20 bits per heavy atom. The monoisotopic (exact) mass is 216 g/mol. The van der Waals surface area contributed by atoms with Crippen molar-refractivity contribution in [3.05, 3.63) is 35.4 Å². The summed E-state index contributed by atoms with van der Waals surface area (Å²) >= 11 is 0. The van der Waals surface area contributed by atoms with Crippen molar-refractivity contribution in [2.75, 3.05) is 6.61 Å². The summed E-state index contributed by atoms with van der Waals surface area (Å²) in [4.78, 5) is 0. The number of hydrogen-bond acceptors (Lipinski definition) is 1. The van der Waals surface area contributed by atoms with Gasteiger partial charge in [0.05, 0.1) is 5.56 Å². The fourth-order valence-electron chi connectivity index (χ4n) is 1.78. The largest absolute Gasteiger partial charge is 0.416 e. The number of rotatable bonds is 2. The molecule has 15 heavy (non-hydrogen) atoms. The lowest BCUT2D eigenvalue weighted by atomic mass is 10.1. The molecule has 0 saturated heterocycles. The third-order valence-corrected chi connectivity index (χ3v) is 2.82. The molecule has 1 N–H and O–H groups in total. The van der Waals surface area contributed by atoms with Crippen LogP contribution in [0.15, 0.2) is 24.3 Å². The first kappa shape index (κ1) is 10.5. The molecule has 2 rings (SSSR count). The lowest BCUT2D eigenvalue weighted by Gasteiger charge is -2.07. The summed E-state index contributed by atoms with van der Waals surface area (Å²) in [5.74, 6) is 0.485. The van der Waals surface area contributed by atoms with Crippen molar-refractivity contribution in [1.29, 1.82) is 0 Å². The minimum atomic E-state index is -4.27. The van der Waals surface area contributed by atoms with Crippen LogP contribution in [-0.4, -0.2) is 11.7 Å². The molecule has 1 saturated carbocycles. The maximum Gasteiger partial charge on any atom is 0.416 e. The minimum absolute atomic E-state index is 0.117. The van der Waals surface area contributed by atoms with E-state index in [1.807, 2.05) is 0 Å². The van der Waals surface area contributed by atoms with Crippen molar-refractivity contribution in [3.63, 3.8) is 0 Å². The Hall–Kier alpha value is -1.03. The summed E-state index contributed by atoms with van der Waals surface area (Å²) in [5.41, 5.74) is 0.273. The molecule has 1 aromatic rings. The molecule has 1 nitrogen and oxygen atoms in total. The number of aliphatic hydroxyl groups is 1. The summed E-state index contributed by atoms with van der Waals surface area (Å²) in [6.45, 7) is 0.117. The molecule has 0 spiro atoms. The third-order valence-electron chi connectivity index (χ3n) is 2.82. The zero-order chi connectivity index (χ0) is 11.1. The summed E-state index contributed by atoms with van der Waals surface area (Å²) in [5, 5.41) is 8.84. The zero-order valence-corrected chi connectivity index (χ0v) is 7.96. The normalized spacial score (nSPS) is 25.3. The van der Waals surface area contributed by atoms with Crippen molar-refractivity contribution in [1.82, 2.24) is 0 Å². The van der Waals surface area contributed by atoms with Gasteiger partial charge in [0.1, 0.15) is 0 Å². The molecule has 82 valence electrons. The Bertz CT molecular complexity index is 342. The van der Waals surface area contributed by atoms with Crippen LogP contribution in [0.5, 0.6) is 0 Å². The second-order valence-corrected chi connectivity index (χ2v) is 3.90. The van der Waals surface area contributed by atoms with Crippen LogP contribution in [0.4, 0.5) is 13.2 Å². The molecule has 1 aliphatic rings. The molecule has 0 aliphatic heterocycles. The highest BCUT2D eigenvalue weighted by molar-refractivity contribution is 5.30. The highest BCUT2D eigenvalue weighted by Crippen LogP contribution is 2.47. The topological polar surface area (TPSA) is 20.2 Å². The van der Waals surface area contributed by atoms with E-state index in [9.17, 15) is 13.2 Å². The van der Waals surface area contributed by atoms with Crippen LogP contribution in [0.25, 0.3) is 0 Å². The molecule has 1 aliphatic carbocycles. The van der Waals surface area contributed by atoms with Gasteiger partial charge in [0.15, 0.2) is 0 Å². The Morgan fingerprint density at radius 2 is 1.80 bits per heavy atom. The molecule has 0 bridgehead atoms. The van der Waals surface area contributed by atoms with Gasteiger partial charge in [-0.05, 0) is 36.0 Å². The van der Waals surface area contributed by atoms with Gasteiger partial charge >= 0.3 is 6.18 Å². The Morgan fingerprint density at radius 1 is 1.20 bits per heavy atom. The smallest absolute Gasteiger partial charge is 0.396 e. The standard InChI is InChI=1S/C11H11F3O/c12-11(13,14)9-3-1-7(2-4-9)10-5-8(10)6-15/h1-4,8,10,15H,5-6H2. The zero-order valence-electron chi connectivity index (χ0n) is 7.96. The molecule has 0 aromatic heterocycles. The highest BCUT2D eigenvalue weighted by Gasteiger charge is 2.38. The van der Waals surface area contributed by atoms with E-state index in [1.165, 1.54) is 12.1 Å². The first-order valence-corrected chi connectivity index (χ1v) is 4.80. The van der Waals surface area contributed by atoms with Gasteiger partial charge in [-0.2, -0.15) is 13.2 Å². The van der Waals surface area contributed by atoms with Crippen LogP contribution < -0.4 is 0 Å². The number of halogens is 3. The van der Waals surface area contributed by atoms with Crippen LogP contribution >= 0.6 is 0 Å².